The van der Waals surface area contributed by atoms with Crippen LogP contribution in [0.3, 0.4) is 0 Å². The van der Waals surface area contributed by atoms with Crippen molar-refractivity contribution in [2.75, 3.05) is 6.26 Å². The number of phosphoric ester groups is 1. The Labute approximate surface area is 226 Å². The van der Waals surface area contributed by atoms with Crippen molar-refractivity contribution >= 4 is 40.9 Å². The number of aromatic nitrogens is 2. The fourth-order valence-corrected chi connectivity index (χ4v) is 5.60. The van der Waals surface area contributed by atoms with E-state index in [0.29, 0.717) is 21.4 Å². The van der Waals surface area contributed by atoms with Gasteiger partial charge in [0.2, 0.25) is 0 Å². The van der Waals surface area contributed by atoms with Gasteiger partial charge in [0.05, 0.1) is 17.2 Å². The topological polar surface area (TPSA) is 119 Å². The first-order valence-corrected chi connectivity index (χ1v) is 14.9. The highest BCUT2D eigenvalue weighted by atomic mass is 35.5. The summed E-state index contributed by atoms with van der Waals surface area (Å²) in [6, 6.07) is 11.1. The lowest BCUT2D eigenvalue weighted by atomic mass is 10.0. The molecule has 0 saturated carbocycles. The molecule has 200 valence electrons. The average Bonchev–Trinajstić information content (AvgIpc) is 3.27. The molecule has 0 spiro atoms. The molecule has 0 aliphatic rings. The van der Waals surface area contributed by atoms with Crippen LogP contribution in [-0.4, -0.2) is 34.0 Å². The summed E-state index contributed by atoms with van der Waals surface area (Å²) in [5.74, 6) is -1.34. The van der Waals surface area contributed by atoms with Gasteiger partial charge in [-0.15, -0.1) is 0 Å². The summed E-state index contributed by atoms with van der Waals surface area (Å²) >= 11 is 12.5. The second kappa shape index (κ2) is 10.9. The van der Waals surface area contributed by atoms with Gasteiger partial charge >= 0.3 is 7.82 Å². The van der Waals surface area contributed by atoms with Gasteiger partial charge in [0, 0.05) is 40.7 Å². The third-order valence-electron chi connectivity index (χ3n) is 5.59. The molecule has 0 fully saturated rings. The summed E-state index contributed by atoms with van der Waals surface area (Å²) in [6.45, 7) is -0.981. The minimum atomic E-state index is -4.99. The van der Waals surface area contributed by atoms with Crippen LogP contribution in [0.25, 0.3) is 16.8 Å². The molecule has 0 aliphatic carbocycles. The SMILES string of the molecule is CS(=O)(=O)c1cc(-c2ccc(-n3ccnc3Cc3c(Cl)cccc3Cl)c(F)c2)cc(F)c1COP(=O)(O)O. The number of hydrogen-bond acceptors (Lipinski definition) is 5. The molecular weight excluding hydrogens is 584 g/mol. The first-order valence-electron chi connectivity index (χ1n) is 10.7. The molecule has 1 aromatic heterocycles. The molecule has 0 bridgehead atoms. The third-order valence-corrected chi connectivity index (χ3v) is 7.92. The van der Waals surface area contributed by atoms with Crippen molar-refractivity contribution in [2.45, 2.75) is 17.9 Å². The van der Waals surface area contributed by atoms with Crippen LogP contribution in [0.1, 0.15) is 17.0 Å². The fraction of sp³-hybridized carbons (Fsp3) is 0.125. The summed E-state index contributed by atoms with van der Waals surface area (Å²) in [5, 5.41) is 0.863. The van der Waals surface area contributed by atoms with Gasteiger partial charge in [-0.05, 0) is 53.1 Å². The Kier molecular flexibility index (Phi) is 8.11. The van der Waals surface area contributed by atoms with E-state index in [1.54, 1.807) is 24.4 Å². The van der Waals surface area contributed by atoms with Crippen molar-refractivity contribution in [3.8, 4) is 16.8 Å². The number of nitrogens with zero attached hydrogens (tertiary/aromatic N) is 2. The first-order chi connectivity index (χ1) is 17.7. The van der Waals surface area contributed by atoms with Crippen LogP contribution in [-0.2, 0) is 32.0 Å². The summed E-state index contributed by atoms with van der Waals surface area (Å²) in [4.78, 5) is 21.6. The quantitative estimate of drug-likeness (QED) is 0.247. The van der Waals surface area contributed by atoms with Gasteiger partial charge in [0.25, 0.3) is 0 Å². The highest BCUT2D eigenvalue weighted by Crippen LogP contribution is 2.39. The first kappa shape index (κ1) is 28.4. The molecule has 1 heterocycles. The summed E-state index contributed by atoms with van der Waals surface area (Å²) in [5.41, 5.74) is 0.375. The summed E-state index contributed by atoms with van der Waals surface area (Å²) < 4.78 is 71.7. The van der Waals surface area contributed by atoms with Gasteiger partial charge in [0.1, 0.15) is 17.5 Å². The van der Waals surface area contributed by atoms with E-state index in [4.69, 9.17) is 33.0 Å². The number of imidazole rings is 1. The Morgan fingerprint density at radius 3 is 2.26 bits per heavy atom. The molecule has 0 saturated heterocycles. The fourth-order valence-electron chi connectivity index (χ4n) is 3.82. The summed E-state index contributed by atoms with van der Waals surface area (Å²) in [7, 11) is -9.05. The van der Waals surface area contributed by atoms with E-state index >= 15 is 4.39 Å². The predicted molar refractivity (Wildman–Crippen MR) is 138 cm³/mol. The number of halogens is 4. The molecule has 14 heteroatoms. The van der Waals surface area contributed by atoms with Crippen LogP contribution in [0.4, 0.5) is 8.78 Å². The van der Waals surface area contributed by atoms with Crippen molar-refractivity contribution in [2.24, 2.45) is 0 Å². The zero-order valence-electron chi connectivity index (χ0n) is 19.5. The van der Waals surface area contributed by atoms with E-state index in [9.17, 15) is 17.4 Å². The normalized spacial score (nSPS) is 12.2. The lowest BCUT2D eigenvalue weighted by Gasteiger charge is -2.14. The maximum Gasteiger partial charge on any atom is 0.469 e. The van der Waals surface area contributed by atoms with Crippen LogP contribution >= 0.6 is 31.0 Å². The number of hydrogen-bond donors (Lipinski definition) is 2. The van der Waals surface area contributed by atoms with Crippen molar-refractivity contribution in [1.29, 1.82) is 0 Å². The van der Waals surface area contributed by atoms with Crippen LogP contribution in [0.5, 0.6) is 0 Å². The zero-order chi connectivity index (χ0) is 27.8. The summed E-state index contributed by atoms with van der Waals surface area (Å²) in [6.07, 6.45) is 4.06. The van der Waals surface area contributed by atoms with Gasteiger partial charge in [-0.3, -0.25) is 4.52 Å². The van der Waals surface area contributed by atoms with E-state index < -0.39 is 46.4 Å². The van der Waals surface area contributed by atoms with E-state index in [0.717, 1.165) is 24.5 Å². The van der Waals surface area contributed by atoms with Crippen molar-refractivity contribution < 1.29 is 36.1 Å². The molecule has 0 radical (unpaired) electrons. The highest BCUT2D eigenvalue weighted by Gasteiger charge is 2.23. The van der Waals surface area contributed by atoms with E-state index in [1.165, 1.54) is 22.9 Å². The lowest BCUT2D eigenvalue weighted by Crippen LogP contribution is -2.07. The third kappa shape index (κ3) is 6.32. The van der Waals surface area contributed by atoms with Crippen molar-refractivity contribution in [3.63, 3.8) is 0 Å². The van der Waals surface area contributed by atoms with Gasteiger partial charge in [-0.25, -0.2) is 26.7 Å². The van der Waals surface area contributed by atoms with Gasteiger partial charge in [0.15, 0.2) is 9.84 Å². The van der Waals surface area contributed by atoms with Crippen LogP contribution < -0.4 is 0 Å². The van der Waals surface area contributed by atoms with E-state index in [2.05, 4.69) is 9.51 Å². The largest absolute Gasteiger partial charge is 0.469 e. The minimum absolute atomic E-state index is 0.0296. The molecule has 0 atom stereocenters. The standard InChI is InChI=1S/C24H19Cl2F2N2O6PS/c1-38(34,35)23-11-15(10-20(27)17(23)13-36-37(31,32)33)14-5-6-22(21(28)9-14)30-8-7-29-24(30)12-16-18(25)3-2-4-19(16)26/h2-11H,12-13H2,1H3,(H2,31,32,33). The molecule has 0 unspecified atom stereocenters. The molecule has 4 rings (SSSR count). The van der Waals surface area contributed by atoms with Gasteiger partial charge < -0.3 is 14.4 Å². The van der Waals surface area contributed by atoms with Crippen LogP contribution in [0.15, 0.2) is 65.8 Å². The van der Waals surface area contributed by atoms with Crippen molar-refractivity contribution in [1.82, 2.24) is 9.55 Å². The number of sulfone groups is 1. The number of benzene rings is 3. The molecular formula is C24H19Cl2F2N2O6PS. The highest BCUT2D eigenvalue weighted by molar-refractivity contribution is 7.90. The van der Waals surface area contributed by atoms with Crippen LogP contribution in [0.2, 0.25) is 10.0 Å². The minimum Gasteiger partial charge on any atom is -0.303 e. The van der Waals surface area contributed by atoms with E-state index in [1.807, 2.05) is 0 Å². The predicted octanol–water partition coefficient (Wildman–Crippen LogP) is 5.73. The Morgan fingerprint density at radius 2 is 1.66 bits per heavy atom. The molecule has 4 aromatic rings. The van der Waals surface area contributed by atoms with Crippen molar-refractivity contribution in [3.05, 3.63) is 99.6 Å². The van der Waals surface area contributed by atoms with Crippen LogP contribution in [0, 0.1) is 11.6 Å². The molecule has 8 nitrogen and oxygen atoms in total. The van der Waals surface area contributed by atoms with Gasteiger partial charge in [-0.1, -0.05) is 35.3 Å². The maximum absolute atomic E-state index is 15.3. The maximum atomic E-state index is 15.3. The average molecular weight is 603 g/mol. The Morgan fingerprint density at radius 1 is 1.00 bits per heavy atom. The molecule has 0 amide bonds. The smallest absolute Gasteiger partial charge is 0.303 e. The number of phosphoric acid groups is 1. The number of rotatable bonds is 8. The van der Waals surface area contributed by atoms with Gasteiger partial charge in [-0.2, -0.15) is 0 Å². The molecule has 0 aliphatic heterocycles. The Hall–Kier alpha value is -2.63. The van der Waals surface area contributed by atoms with E-state index in [-0.39, 0.29) is 23.2 Å². The monoisotopic (exact) mass is 602 g/mol. The second-order valence-corrected chi connectivity index (χ2v) is 12.3. The molecule has 38 heavy (non-hydrogen) atoms. The lowest BCUT2D eigenvalue weighted by molar-refractivity contribution is 0.185. The Bertz CT molecular complexity index is 1670. The second-order valence-electron chi connectivity index (χ2n) is 8.23. The molecule has 2 N–H and O–H groups in total. The Balaban J connectivity index is 1.72. The molecule has 3 aromatic carbocycles. The zero-order valence-corrected chi connectivity index (χ0v) is 22.7.